The molecule has 1 aliphatic rings. The van der Waals surface area contributed by atoms with Crippen LogP contribution >= 0.6 is 23.2 Å². The first-order chi connectivity index (χ1) is 16.4. The Bertz CT molecular complexity index is 1420. The number of phenolic OH excluding ortho intramolecular Hbond substituents is 1. The van der Waals surface area contributed by atoms with E-state index in [1.807, 2.05) is 43.3 Å². The Morgan fingerprint density at radius 3 is 2.47 bits per heavy atom. The number of anilines is 2. The number of aromatic hydroxyl groups is 1. The molecule has 170 valence electrons. The molecular weight excluding hydrogens is 473 g/mol. The van der Waals surface area contributed by atoms with Crippen molar-refractivity contribution in [1.29, 1.82) is 0 Å². The van der Waals surface area contributed by atoms with Gasteiger partial charge in [-0.05, 0) is 61.0 Å². The van der Waals surface area contributed by atoms with Gasteiger partial charge in [0.25, 0.3) is 5.91 Å². The molecule has 1 aliphatic heterocycles. The number of phenols is 1. The molecule has 3 aromatic carbocycles. The third-order valence-corrected chi connectivity index (χ3v) is 6.25. The average Bonchev–Trinajstić information content (AvgIpc) is 3.24. The number of allylic oxidation sites excluding steroid dienone is 1. The molecule has 1 aromatic heterocycles. The highest BCUT2D eigenvalue weighted by atomic mass is 35.5. The van der Waals surface area contributed by atoms with Crippen LogP contribution in [0.4, 0.5) is 11.6 Å². The zero-order chi connectivity index (χ0) is 23.8. The summed E-state index contributed by atoms with van der Waals surface area (Å²) in [7, 11) is 0. The number of hydrogen-bond acceptors (Lipinski definition) is 5. The molecule has 7 nitrogen and oxygen atoms in total. The van der Waals surface area contributed by atoms with Crippen molar-refractivity contribution in [2.45, 2.75) is 13.0 Å². The molecular formula is C25H19Cl2N5O2. The Hall–Kier alpha value is -3.81. The summed E-state index contributed by atoms with van der Waals surface area (Å²) in [5, 5.41) is 21.3. The van der Waals surface area contributed by atoms with Gasteiger partial charge in [-0.1, -0.05) is 47.5 Å². The van der Waals surface area contributed by atoms with Crippen LogP contribution in [-0.4, -0.2) is 25.8 Å². The number of amides is 1. The van der Waals surface area contributed by atoms with Crippen molar-refractivity contribution in [3.05, 3.63) is 99.7 Å². The van der Waals surface area contributed by atoms with Crippen molar-refractivity contribution < 1.29 is 9.90 Å². The second kappa shape index (κ2) is 8.85. The van der Waals surface area contributed by atoms with Crippen molar-refractivity contribution in [3.8, 4) is 17.1 Å². The summed E-state index contributed by atoms with van der Waals surface area (Å²) < 4.78 is 1.66. The molecule has 0 bridgehead atoms. The molecule has 0 saturated heterocycles. The summed E-state index contributed by atoms with van der Waals surface area (Å²) in [6, 6.07) is 20.5. The number of nitrogens with zero attached hydrogens (tertiary/aromatic N) is 3. The minimum atomic E-state index is -0.604. The molecule has 1 atom stereocenters. The molecule has 1 amide bonds. The predicted octanol–water partition coefficient (Wildman–Crippen LogP) is 5.89. The van der Waals surface area contributed by atoms with E-state index in [1.54, 1.807) is 41.1 Å². The molecule has 4 aromatic rings. The number of para-hydroxylation sites is 1. The maximum atomic E-state index is 13.5. The molecule has 3 N–H and O–H groups in total. The summed E-state index contributed by atoms with van der Waals surface area (Å²) in [6.45, 7) is 1.82. The Morgan fingerprint density at radius 1 is 1.03 bits per heavy atom. The molecule has 0 spiro atoms. The standard InChI is InChI=1S/C25H19Cl2N5O2/c1-14-21(24(34)29-17-5-3-2-4-6-17)22(16-9-12-19(26)20(27)13-16)32-25(28-14)30-23(31-32)15-7-10-18(33)11-8-15/h2-13,22,33H,1H3,(H,29,34)(H,28,30,31). The fourth-order valence-corrected chi connectivity index (χ4v) is 4.19. The van der Waals surface area contributed by atoms with Crippen LogP contribution in [-0.2, 0) is 4.79 Å². The second-order valence-electron chi connectivity index (χ2n) is 7.81. The summed E-state index contributed by atoms with van der Waals surface area (Å²) in [5.74, 6) is 0.800. The van der Waals surface area contributed by atoms with Crippen LogP contribution < -0.4 is 10.6 Å². The van der Waals surface area contributed by atoms with Gasteiger partial charge in [-0.3, -0.25) is 4.79 Å². The number of aromatic nitrogens is 3. The molecule has 9 heteroatoms. The maximum absolute atomic E-state index is 13.5. The van der Waals surface area contributed by atoms with Crippen LogP contribution in [0.1, 0.15) is 18.5 Å². The van der Waals surface area contributed by atoms with Crippen LogP contribution in [0.5, 0.6) is 5.75 Å². The zero-order valence-corrected chi connectivity index (χ0v) is 19.5. The van der Waals surface area contributed by atoms with E-state index < -0.39 is 6.04 Å². The van der Waals surface area contributed by atoms with Gasteiger partial charge in [0.2, 0.25) is 5.95 Å². The lowest BCUT2D eigenvalue weighted by Crippen LogP contribution is -2.31. The van der Waals surface area contributed by atoms with Crippen molar-refractivity contribution in [1.82, 2.24) is 14.8 Å². The Labute approximate surface area is 205 Å². The largest absolute Gasteiger partial charge is 0.508 e. The van der Waals surface area contributed by atoms with Crippen molar-refractivity contribution in [3.63, 3.8) is 0 Å². The molecule has 34 heavy (non-hydrogen) atoms. The van der Waals surface area contributed by atoms with E-state index in [1.165, 1.54) is 0 Å². The molecule has 0 aliphatic carbocycles. The molecule has 0 radical (unpaired) electrons. The highest BCUT2D eigenvalue weighted by Gasteiger charge is 2.34. The number of rotatable bonds is 4. The van der Waals surface area contributed by atoms with Crippen LogP contribution in [0.3, 0.4) is 0 Å². The SMILES string of the molecule is CC1=C(C(=O)Nc2ccccc2)C(c2ccc(Cl)c(Cl)c2)n2nc(-c3ccc(O)cc3)nc2N1. The summed E-state index contributed by atoms with van der Waals surface area (Å²) in [6.07, 6.45) is 0. The third-order valence-electron chi connectivity index (χ3n) is 5.51. The van der Waals surface area contributed by atoms with E-state index in [-0.39, 0.29) is 11.7 Å². The van der Waals surface area contributed by atoms with Crippen molar-refractivity contribution in [2.75, 3.05) is 10.6 Å². The third kappa shape index (κ3) is 4.11. The Balaban J connectivity index is 1.62. The van der Waals surface area contributed by atoms with Gasteiger partial charge in [-0.25, -0.2) is 4.68 Å². The molecule has 0 saturated carbocycles. The van der Waals surface area contributed by atoms with Crippen LogP contribution in [0.2, 0.25) is 10.0 Å². The number of carbonyl (C=O) groups excluding carboxylic acids is 1. The number of halogens is 2. The smallest absolute Gasteiger partial charge is 0.255 e. The number of fused-ring (bicyclic) bond motifs is 1. The number of nitrogens with one attached hydrogen (secondary N) is 2. The zero-order valence-electron chi connectivity index (χ0n) is 18.0. The summed E-state index contributed by atoms with van der Waals surface area (Å²) in [4.78, 5) is 18.1. The molecule has 1 unspecified atom stereocenters. The lowest BCUT2D eigenvalue weighted by atomic mass is 9.95. The minimum Gasteiger partial charge on any atom is -0.508 e. The van der Waals surface area contributed by atoms with E-state index in [0.717, 1.165) is 11.1 Å². The first-order valence-electron chi connectivity index (χ1n) is 10.5. The Morgan fingerprint density at radius 2 is 1.76 bits per heavy atom. The maximum Gasteiger partial charge on any atom is 0.255 e. The second-order valence-corrected chi connectivity index (χ2v) is 8.62. The monoisotopic (exact) mass is 491 g/mol. The van der Waals surface area contributed by atoms with Crippen molar-refractivity contribution >= 4 is 40.7 Å². The van der Waals surface area contributed by atoms with Crippen LogP contribution in [0.15, 0.2) is 84.1 Å². The van der Waals surface area contributed by atoms with E-state index in [4.69, 9.17) is 28.3 Å². The van der Waals surface area contributed by atoms with Gasteiger partial charge in [-0.2, -0.15) is 4.98 Å². The van der Waals surface area contributed by atoms with E-state index in [0.29, 0.717) is 38.8 Å². The highest BCUT2D eigenvalue weighted by molar-refractivity contribution is 6.42. The number of carbonyl (C=O) groups is 1. The first kappa shape index (κ1) is 22.0. The van der Waals surface area contributed by atoms with Gasteiger partial charge >= 0.3 is 0 Å². The summed E-state index contributed by atoms with van der Waals surface area (Å²) >= 11 is 12.5. The van der Waals surface area contributed by atoms with E-state index in [2.05, 4.69) is 15.6 Å². The average molecular weight is 492 g/mol. The lowest BCUT2D eigenvalue weighted by molar-refractivity contribution is -0.113. The van der Waals surface area contributed by atoms with E-state index in [9.17, 15) is 9.90 Å². The molecule has 5 rings (SSSR count). The number of hydrogen-bond donors (Lipinski definition) is 3. The molecule has 2 heterocycles. The fourth-order valence-electron chi connectivity index (χ4n) is 3.89. The lowest BCUT2D eigenvalue weighted by Gasteiger charge is -2.29. The van der Waals surface area contributed by atoms with Gasteiger partial charge in [0.15, 0.2) is 5.82 Å². The quantitative estimate of drug-likeness (QED) is 0.331. The van der Waals surface area contributed by atoms with Crippen LogP contribution in [0.25, 0.3) is 11.4 Å². The van der Waals surface area contributed by atoms with Gasteiger partial charge in [-0.15, -0.1) is 5.10 Å². The normalized spacial score (nSPS) is 15.0. The first-order valence-corrected chi connectivity index (χ1v) is 11.2. The fraction of sp³-hybridized carbons (Fsp3) is 0.0800. The topological polar surface area (TPSA) is 92.1 Å². The van der Waals surface area contributed by atoms with Gasteiger partial charge in [0.1, 0.15) is 11.8 Å². The van der Waals surface area contributed by atoms with Crippen LogP contribution in [0, 0.1) is 0 Å². The van der Waals surface area contributed by atoms with E-state index >= 15 is 0 Å². The summed E-state index contributed by atoms with van der Waals surface area (Å²) in [5.41, 5.74) is 3.24. The van der Waals surface area contributed by atoms with Gasteiger partial charge in [0, 0.05) is 16.9 Å². The van der Waals surface area contributed by atoms with Crippen molar-refractivity contribution in [2.24, 2.45) is 0 Å². The number of benzene rings is 3. The Kier molecular flexibility index (Phi) is 5.73. The van der Waals surface area contributed by atoms with Gasteiger partial charge in [0.05, 0.1) is 15.6 Å². The predicted molar refractivity (Wildman–Crippen MR) is 133 cm³/mol. The molecule has 0 fully saturated rings. The van der Waals surface area contributed by atoms with Gasteiger partial charge < -0.3 is 15.7 Å². The minimum absolute atomic E-state index is 0.150. The highest BCUT2D eigenvalue weighted by Crippen LogP contribution is 2.38.